The maximum absolute atomic E-state index is 14.0. The van der Waals surface area contributed by atoms with Crippen molar-refractivity contribution in [2.24, 2.45) is 11.8 Å². The van der Waals surface area contributed by atoms with Gasteiger partial charge in [-0.15, -0.1) is 0 Å². The number of ether oxygens (including phenoxy) is 1. The van der Waals surface area contributed by atoms with Crippen LogP contribution in [0.15, 0.2) is 60.7 Å². The highest BCUT2D eigenvalue weighted by molar-refractivity contribution is 6.25. The fourth-order valence-electron chi connectivity index (χ4n) is 6.14. The molecular formula is C31H30FN3O4. The molecular weight excluding hydrogens is 497 g/mol. The van der Waals surface area contributed by atoms with Gasteiger partial charge in [0.05, 0.1) is 40.9 Å². The predicted octanol–water partition coefficient (Wildman–Crippen LogP) is 5.72. The predicted molar refractivity (Wildman–Crippen MR) is 145 cm³/mol. The Hall–Kier alpha value is -4.09. The first-order valence-electron chi connectivity index (χ1n) is 13.3. The van der Waals surface area contributed by atoms with Crippen LogP contribution in [0.5, 0.6) is 0 Å². The molecule has 8 heteroatoms. The zero-order valence-corrected chi connectivity index (χ0v) is 21.9. The SMILES string of the molecule is CC1CCC(CCCC(=O)Nc2ccc(F)cc2)([C@@H]2C(=O)N(c3ccc(C#N)c4ccccc34)C(=O)[C@@H]2C)O1. The summed E-state index contributed by atoms with van der Waals surface area (Å²) in [4.78, 5) is 41.5. The van der Waals surface area contributed by atoms with E-state index in [0.29, 0.717) is 47.0 Å². The van der Waals surface area contributed by atoms with Crippen molar-refractivity contribution >= 4 is 39.9 Å². The first-order chi connectivity index (χ1) is 18.7. The lowest BCUT2D eigenvalue weighted by molar-refractivity contribution is -0.139. The van der Waals surface area contributed by atoms with Crippen molar-refractivity contribution < 1.29 is 23.5 Å². The monoisotopic (exact) mass is 527 g/mol. The van der Waals surface area contributed by atoms with Crippen LogP contribution in [0.3, 0.4) is 0 Å². The highest BCUT2D eigenvalue weighted by Gasteiger charge is 2.58. The van der Waals surface area contributed by atoms with Crippen LogP contribution in [0.2, 0.25) is 0 Å². The molecule has 4 atom stereocenters. The Labute approximate surface area is 226 Å². The molecule has 2 aliphatic heterocycles. The van der Waals surface area contributed by atoms with Crippen molar-refractivity contribution in [2.75, 3.05) is 10.2 Å². The molecule has 3 aromatic rings. The van der Waals surface area contributed by atoms with Crippen molar-refractivity contribution in [1.82, 2.24) is 0 Å². The number of amides is 3. The van der Waals surface area contributed by atoms with Crippen molar-refractivity contribution in [3.05, 3.63) is 72.0 Å². The number of carbonyl (C=O) groups excluding carboxylic acids is 3. The Bertz CT molecular complexity index is 1480. The smallest absolute Gasteiger partial charge is 0.240 e. The van der Waals surface area contributed by atoms with Crippen LogP contribution in [0, 0.1) is 29.0 Å². The van der Waals surface area contributed by atoms with Crippen molar-refractivity contribution in [3.63, 3.8) is 0 Å². The van der Waals surface area contributed by atoms with Crippen LogP contribution < -0.4 is 10.2 Å². The second-order valence-corrected chi connectivity index (χ2v) is 10.5. The maximum atomic E-state index is 14.0. The molecule has 2 saturated heterocycles. The van der Waals surface area contributed by atoms with E-state index in [1.165, 1.54) is 29.2 Å². The van der Waals surface area contributed by atoms with E-state index < -0.39 is 17.4 Å². The molecule has 0 bridgehead atoms. The molecule has 2 unspecified atom stereocenters. The molecule has 0 saturated carbocycles. The van der Waals surface area contributed by atoms with Crippen LogP contribution in [0.4, 0.5) is 15.8 Å². The van der Waals surface area contributed by atoms with Gasteiger partial charge in [-0.1, -0.05) is 31.2 Å². The van der Waals surface area contributed by atoms with Gasteiger partial charge in [-0.3, -0.25) is 14.4 Å². The molecule has 0 aliphatic carbocycles. The average molecular weight is 528 g/mol. The number of nitrogens with zero attached hydrogens (tertiary/aromatic N) is 2. The molecule has 7 nitrogen and oxygen atoms in total. The number of halogens is 1. The van der Waals surface area contributed by atoms with Gasteiger partial charge >= 0.3 is 0 Å². The summed E-state index contributed by atoms with van der Waals surface area (Å²) < 4.78 is 19.6. The van der Waals surface area contributed by atoms with E-state index >= 15 is 0 Å². The van der Waals surface area contributed by atoms with Crippen LogP contribution in [-0.4, -0.2) is 29.4 Å². The van der Waals surface area contributed by atoms with Crippen LogP contribution in [0.1, 0.15) is 51.5 Å². The minimum Gasteiger partial charge on any atom is -0.371 e. The van der Waals surface area contributed by atoms with Gasteiger partial charge in [0.1, 0.15) is 5.82 Å². The number of carbonyl (C=O) groups is 3. The number of rotatable bonds is 7. The highest BCUT2D eigenvalue weighted by atomic mass is 19.1. The van der Waals surface area contributed by atoms with E-state index in [9.17, 15) is 24.0 Å². The minimum atomic E-state index is -0.862. The molecule has 2 heterocycles. The summed E-state index contributed by atoms with van der Waals surface area (Å²) >= 11 is 0. The van der Waals surface area contributed by atoms with E-state index in [4.69, 9.17) is 4.74 Å². The number of anilines is 2. The number of nitriles is 1. The Morgan fingerprint density at radius 3 is 2.46 bits per heavy atom. The zero-order valence-electron chi connectivity index (χ0n) is 21.9. The normalized spacial score (nSPS) is 24.8. The Morgan fingerprint density at radius 2 is 1.79 bits per heavy atom. The molecule has 0 radical (unpaired) electrons. The molecule has 3 aromatic carbocycles. The first kappa shape index (κ1) is 26.5. The Kier molecular flexibility index (Phi) is 7.19. The minimum absolute atomic E-state index is 0.0714. The largest absolute Gasteiger partial charge is 0.371 e. The summed E-state index contributed by atoms with van der Waals surface area (Å²) in [6.07, 6.45) is 2.41. The Morgan fingerprint density at radius 1 is 1.08 bits per heavy atom. The molecule has 3 amide bonds. The van der Waals surface area contributed by atoms with Crippen molar-refractivity contribution in [3.8, 4) is 6.07 Å². The average Bonchev–Trinajstić information content (AvgIpc) is 3.40. The van der Waals surface area contributed by atoms with Crippen molar-refractivity contribution in [1.29, 1.82) is 5.26 Å². The van der Waals surface area contributed by atoms with E-state index in [1.54, 1.807) is 19.1 Å². The van der Waals surface area contributed by atoms with Gasteiger partial charge in [-0.05, 0) is 69.0 Å². The molecule has 2 fully saturated rings. The number of hydrogen-bond donors (Lipinski definition) is 1. The van der Waals surface area contributed by atoms with E-state index in [0.717, 1.165) is 6.42 Å². The molecule has 5 rings (SSSR count). The fourth-order valence-corrected chi connectivity index (χ4v) is 6.14. The second-order valence-electron chi connectivity index (χ2n) is 10.5. The van der Waals surface area contributed by atoms with E-state index in [1.807, 2.05) is 31.2 Å². The summed E-state index contributed by atoms with van der Waals surface area (Å²) in [5.41, 5.74) is 0.589. The van der Waals surface area contributed by atoms with Gasteiger partial charge in [0.15, 0.2) is 0 Å². The molecule has 0 spiro atoms. The molecule has 200 valence electrons. The second kappa shape index (κ2) is 10.6. The summed E-state index contributed by atoms with van der Waals surface area (Å²) in [5, 5.41) is 13.7. The third-order valence-electron chi connectivity index (χ3n) is 7.97. The van der Waals surface area contributed by atoms with Crippen LogP contribution >= 0.6 is 0 Å². The summed E-state index contributed by atoms with van der Waals surface area (Å²) in [6, 6.07) is 18.3. The Balaban J connectivity index is 1.38. The standard InChI is InChI=1S/C31H30FN3O4/c1-19-15-17-31(39-19,16-5-8-27(36)34-23-12-10-22(32)11-13-23)28-20(2)29(37)35(30(28)38)26-14-9-21(18-33)24-6-3-4-7-25(24)26/h3-4,6-7,9-14,19-20,28H,5,8,15-17H2,1-2H3,(H,34,36)/t19?,20-,28+,31?/m1/s1. The van der Waals surface area contributed by atoms with Gasteiger partial charge in [0.2, 0.25) is 17.7 Å². The molecule has 39 heavy (non-hydrogen) atoms. The maximum Gasteiger partial charge on any atom is 0.240 e. The van der Waals surface area contributed by atoms with Crippen LogP contribution in [-0.2, 0) is 19.1 Å². The number of nitrogens with one attached hydrogen (secondary N) is 1. The fraction of sp³-hybridized carbons (Fsp3) is 0.355. The lowest BCUT2D eigenvalue weighted by Gasteiger charge is -2.35. The number of hydrogen-bond acceptors (Lipinski definition) is 5. The molecule has 2 aliphatic rings. The van der Waals surface area contributed by atoms with E-state index in [2.05, 4.69) is 11.4 Å². The topological polar surface area (TPSA) is 99.5 Å². The third-order valence-corrected chi connectivity index (χ3v) is 7.97. The third kappa shape index (κ3) is 4.90. The lowest BCUT2D eigenvalue weighted by Crippen LogP contribution is -2.45. The summed E-state index contributed by atoms with van der Waals surface area (Å²) in [5.74, 6) is -2.50. The molecule has 0 aromatic heterocycles. The van der Waals surface area contributed by atoms with Gasteiger partial charge in [0.25, 0.3) is 0 Å². The van der Waals surface area contributed by atoms with Crippen LogP contribution in [0.25, 0.3) is 10.8 Å². The van der Waals surface area contributed by atoms with Gasteiger partial charge in [-0.25, -0.2) is 9.29 Å². The van der Waals surface area contributed by atoms with E-state index in [-0.39, 0.29) is 36.1 Å². The van der Waals surface area contributed by atoms with Gasteiger partial charge in [-0.2, -0.15) is 5.26 Å². The quantitative estimate of drug-likeness (QED) is 0.396. The van der Waals surface area contributed by atoms with Crippen molar-refractivity contribution in [2.45, 2.75) is 57.7 Å². The van der Waals surface area contributed by atoms with Gasteiger partial charge < -0.3 is 10.1 Å². The zero-order chi connectivity index (χ0) is 27.7. The number of fused-ring (bicyclic) bond motifs is 1. The van der Waals surface area contributed by atoms with Gasteiger partial charge in [0, 0.05) is 22.9 Å². The lowest BCUT2D eigenvalue weighted by atomic mass is 9.75. The summed E-state index contributed by atoms with van der Waals surface area (Å²) in [7, 11) is 0. The highest BCUT2D eigenvalue weighted by Crippen LogP contribution is 2.48. The summed E-state index contributed by atoms with van der Waals surface area (Å²) in [6.45, 7) is 3.73. The number of imide groups is 1. The number of benzene rings is 3. The first-order valence-corrected chi connectivity index (χ1v) is 13.3. The molecule has 1 N–H and O–H groups in total.